The fourth-order valence-electron chi connectivity index (χ4n) is 2.53. The van der Waals surface area contributed by atoms with E-state index in [0.29, 0.717) is 6.54 Å². The van der Waals surface area contributed by atoms with Crippen molar-refractivity contribution >= 4 is 11.9 Å². The third-order valence-corrected chi connectivity index (χ3v) is 3.91. The van der Waals surface area contributed by atoms with Crippen LogP contribution in [0.4, 0.5) is 4.79 Å². The third-order valence-electron chi connectivity index (χ3n) is 3.91. The molecular formula is C13H24N4O3. The van der Waals surface area contributed by atoms with Crippen LogP contribution in [0.25, 0.3) is 0 Å². The minimum Gasteiger partial charge on any atom is -0.381 e. The van der Waals surface area contributed by atoms with E-state index >= 15 is 0 Å². The second kappa shape index (κ2) is 7.01. The number of hydrogen-bond donors (Lipinski definition) is 3. The number of rotatable bonds is 5. The van der Waals surface area contributed by atoms with E-state index in [9.17, 15) is 9.59 Å². The fraction of sp³-hybridized carbons (Fsp3) is 0.846. The van der Waals surface area contributed by atoms with Gasteiger partial charge in [0.1, 0.15) is 0 Å². The molecule has 1 aliphatic carbocycles. The molecule has 0 aromatic heterocycles. The second-order valence-corrected chi connectivity index (χ2v) is 5.54. The van der Waals surface area contributed by atoms with Crippen LogP contribution in [0.2, 0.25) is 0 Å². The lowest BCUT2D eigenvalue weighted by Crippen LogP contribution is -2.53. The Balaban J connectivity index is 1.75. The van der Waals surface area contributed by atoms with E-state index in [-0.39, 0.29) is 30.6 Å². The summed E-state index contributed by atoms with van der Waals surface area (Å²) >= 11 is 0. The molecule has 3 amide bonds. The summed E-state index contributed by atoms with van der Waals surface area (Å²) < 4.78 is 5.34. The smallest absolute Gasteiger partial charge is 0.321 e. The van der Waals surface area contributed by atoms with Crippen molar-refractivity contribution in [1.29, 1.82) is 0 Å². The minimum absolute atomic E-state index is 0.131. The molecule has 114 valence electrons. The summed E-state index contributed by atoms with van der Waals surface area (Å²) in [4.78, 5) is 25.4. The van der Waals surface area contributed by atoms with Crippen LogP contribution in [0.5, 0.6) is 0 Å². The van der Waals surface area contributed by atoms with E-state index in [2.05, 4.69) is 10.6 Å². The van der Waals surface area contributed by atoms with Crippen molar-refractivity contribution in [3.63, 3.8) is 0 Å². The molecule has 20 heavy (non-hydrogen) atoms. The van der Waals surface area contributed by atoms with E-state index in [4.69, 9.17) is 10.5 Å². The number of piperidine rings is 1. The van der Waals surface area contributed by atoms with Crippen LogP contribution < -0.4 is 16.4 Å². The predicted octanol–water partition coefficient (Wildman–Crippen LogP) is -0.587. The largest absolute Gasteiger partial charge is 0.381 e. The Morgan fingerprint density at radius 3 is 2.70 bits per heavy atom. The average molecular weight is 284 g/mol. The maximum absolute atomic E-state index is 11.9. The van der Waals surface area contributed by atoms with E-state index in [1.54, 1.807) is 7.11 Å². The van der Waals surface area contributed by atoms with Crippen molar-refractivity contribution in [2.24, 2.45) is 5.73 Å². The molecule has 2 rings (SSSR count). The van der Waals surface area contributed by atoms with Crippen LogP contribution in [0.1, 0.15) is 25.7 Å². The highest BCUT2D eigenvalue weighted by Gasteiger charge is 2.29. The number of imide groups is 1. The van der Waals surface area contributed by atoms with Gasteiger partial charge in [-0.25, -0.2) is 4.79 Å². The van der Waals surface area contributed by atoms with Gasteiger partial charge in [-0.2, -0.15) is 0 Å². The molecule has 1 aliphatic heterocycles. The number of carbonyl (C=O) groups is 2. The molecule has 0 aromatic rings. The Labute approximate surface area is 119 Å². The molecule has 1 saturated carbocycles. The van der Waals surface area contributed by atoms with E-state index in [1.807, 2.05) is 4.90 Å². The second-order valence-electron chi connectivity index (χ2n) is 5.54. The Morgan fingerprint density at radius 2 is 2.10 bits per heavy atom. The van der Waals surface area contributed by atoms with Gasteiger partial charge in [0, 0.05) is 32.3 Å². The fourth-order valence-corrected chi connectivity index (χ4v) is 2.53. The first-order valence-electron chi connectivity index (χ1n) is 7.19. The van der Waals surface area contributed by atoms with Crippen LogP contribution in [-0.4, -0.2) is 61.8 Å². The first kappa shape index (κ1) is 15.2. The molecule has 1 saturated heterocycles. The van der Waals surface area contributed by atoms with Gasteiger partial charge in [0.15, 0.2) is 0 Å². The maximum atomic E-state index is 11.9. The highest BCUT2D eigenvalue weighted by molar-refractivity contribution is 5.95. The summed E-state index contributed by atoms with van der Waals surface area (Å²) in [6.07, 6.45) is 3.92. The third kappa shape index (κ3) is 4.43. The number of hydrogen-bond acceptors (Lipinski definition) is 5. The van der Waals surface area contributed by atoms with Crippen molar-refractivity contribution in [3.05, 3.63) is 0 Å². The van der Waals surface area contributed by atoms with Crippen LogP contribution in [0.15, 0.2) is 0 Å². The normalized spacial score (nSPS) is 27.1. The SMILES string of the molecule is COC1CCN(CC(=O)NC(=O)NC2CC2)C(CN)C1. The molecule has 0 radical (unpaired) electrons. The van der Waals surface area contributed by atoms with Crippen LogP contribution in [0, 0.1) is 0 Å². The van der Waals surface area contributed by atoms with Gasteiger partial charge in [-0.15, -0.1) is 0 Å². The molecule has 2 atom stereocenters. The molecule has 0 aromatic carbocycles. The molecule has 7 nitrogen and oxygen atoms in total. The first-order chi connectivity index (χ1) is 9.62. The zero-order valence-corrected chi connectivity index (χ0v) is 11.9. The number of urea groups is 1. The number of ether oxygens (including phenoxy) is 1. The molecule has 2 fully saturated rings. The monoisotopic (exact) mass is 284 g/mol. The molecule has 7 heteroatoms. The van der Waals surface area contributed by atoms with E-state index in [1.165, 1.54) is 0 Å². The quantitative estimate of drug-likeness (QED) is 0.627. The number of amides is 3. The average Bonchev–Trinajstić information content (AvgIpc) is 3.22. The molecule has 4 N–H and O–H groups in total. The number of carbonyl (C=O) groups excluding carboxylic acids is 2. The van der Waals surface area contributed by atoms with Crippen LogP contribution in [0.3, 0.4) is 0 Å². The van der Waals surface area contributed by atoms with Gasteiger partial charge in [-0.05, 0) is 25.7 Å². The Bertz CT molecular complexity index is 360. The highest BCUT2D eigenvalue weighted by atomic mass is 16.5. The topological polar surface area (TPSA) is 96.7 Å². The van der Waals surface area contributed by atoms with Gasteiger partial charge in [0.25, 0.3) is 0 Å². The van der Waals surface area contributed by atoms with Gasteiger partial charge in [-0.1, -0.05) is 0 Å². The molecule has 0 spiro atoms. The van der Waals surface area contributed by atoms with Gasteiger partial charge < -0.3 is 15.8 Å². The molecule has 1 heterocycles. The number of nitrogens with zero attached hydrogens (tertiary/aromatic N) is 1. The number of nitrogens with two attached hydrogens (primary N) is 1. The zero-order valence-electron chi connectivity index (χ0n) is 11.9. The van der Waals surface area contributed by atoms with E-state index in [0.717, 1.165) is 32.2 Å². The molecular weight excluding hydrogens is 260 g/mol. The van der Waals surface area contributed by atoms with Gasteiger partial charge in [-0.3, -0.25) is 15.0 Å². The maximum Gasteiger partial charge on any atom is 0.321 e. The predicted molar refractivity (Wildman–Crippen MR) is 74.1 cm³/mol. The van der Waals surface area contributed by atoms with Crippen molar-refractivity contribution in [2.45, 2.75) is 43.9 Å². The van der Waals surface area contributed by atoms with E-state index < -0.39 is 6.03 Å². The van der Waals surface area contributed by atoms with Gasteiger partial charge >= 0.3 is 6.03 Å². The highest BCUT2D eigenvalue weighted by Crippen LogP contribution is 2.19. The number of nitrogens with one attached hydrogen (secondary N) is 2. The number of methoxy groups -OCH3 is 1. The first-order valence-corrected chi connectivity index (χ1v) is 7.19. The van der Waals surface area contributed by atoms with Crippen LogP contribution in [-0.2, 0) is 9.53 Å². The zero-order chi connectivity index (χ0) is 14.5. The van der Waals surface area contributed by atoms with Crippen molar-refractivity contribution < 1.29 is 14.3 Å². The van der Waals surface area contributed by atoms with Crippen molar-refractivity contribution in [2.75, 3.05) is 26.7 Å². The Kier molecular flexibility index (Phi) is 5.33. The summed E-state index contributed by atoms with van der Waals surface area (Å²) in [5, 5.41) is 5.09. The van der Waals surface area contributed by atoms with Crippen LogP contribution >= 0.6 is 0 Å². The minimum atomic E-state index is -0.395. The van der Waals surface area contributed by atoms with Gasteiger partial charge in [0.2, 0.25) is 5.91 Å². The lowest BCUT2D eigenvalue weighted by atomic mass is 9.99. The lowest BCUT2D eigenvalue weighted by Gasteiger charge is -2.37. The molecule has 2 aliphatic rings. The summed E-state index contributed by atoms with van der Waals surface area (Å²) in [5.41, 5.74) is 5.75. The summed E-state index contributed by atoms with van der Waals surface area (Å²) in [6, 6.07) is -0.0171. The summed E-state index contributed by atoms with van der Waals surface area (Å²) in [7, 11) is 1.70. The molecule has 2 unspecified atom stereocenters. The van der Waals surface area contributed by atoms with Crippen molar-refractivity contribution in [1.82, 2.24) is 15.5 Å². The summed E-state index contributed by atoms with van der Waals surface area (Å²) in [6.45, 7) is 1.45. The Morgan fingerprint density at radius 1 is 1.35 bits per heavy atom. The standard InChI is InChI=1S/C13H24N4O3/c1-20-11-4-5-17(10(6-11)7-14)8-12(18)16-13(19)15-9-2-3-9/h9-11H,2-8,14H2,1H3,(H2,15,16,18,19). The molecule has 0 bridgehead atoms. The lowest BCUT2D eigenvalue weighted by molar-refractivity contribution is -0.122. The Hall–Kier alpha value is -1.18. The van der Waals surface area contributed by atoms with Crippen molar-refractivity contribution in [3.8, 4) is 0 Å². The summed E-state index contributed by atoms with van der Waals surface area (Å²) in [5.74, 6) is -0.280. The number of likely N-dealkylation sites (tertiary alicyclic amines) is 1. The van der Waals surface area contributed by atoms with Gasteiger partial charge in [0.05, 0.1) is 12.6 Å².